The van der Waals surface area contributed by atoms with E-state index < -0.39 is 0 Å². The quantitative estimate of drug-likeness (QED) is 0.774. The van der Waals surface area contributed by atoms with Crippen molar-refractivity contribution in [3.05, 3.63) is 16.3 Å². The highest BCUT2D eigenvalue weighted by atomic mass is 16.2. The number of hydrogen-bond donors (Lipinski definition) is 2. The highest BCUT2D eigenvalue weighted by Crippen LogP contribution is 2.11. The zero-order chi connectivity index (χ0) is 11.8. The first kappa shape index (κ1) is 11.4. The molecule has 1 saturated heterocycles. The van der Waals surface area contributed by atoms with Crippen LogP contribution in [0.2, 0.25) is 0 Å². The van der Waals surface area contributed by atoms with Crippen molar-refractivity contribution in [3.8, 4) is 0 Å². The van der Waals surface area contributed by atoms with Crippen molar-refractivity contribution < 1.29 is 0 Å². The van der Waals surface area contributed by atoms with E-state index in [1.807, 2.05) is 20.8 Å². The van der Waals surface area contributed by atoms with Gasteiger partial charge in [0.2, 0.25) is 0 Å². The number of aromatic amines is 1. The van der Waals surface area contributed by atoms with Crippen molar-refractivity contribution in [2.24, 2.45) is 0 Å². The van der Waals surface area contributed by atoms with E-state index in [4.69, 9.17) is 0 Å². The Hall–Kier alpha value is -1.10. The summed E-state index contributed by atoms with van der Waals surface area (Å²) in [7, 11) is 0. The molecule has 90 valence electrons. The predicted octanol–water partition coefficient (Wildman–Crippen LogP) is 0.621. The summed E-state index contributed by atoms with van der Waals surface area (Å²) in [5.41, 5.74) is -0.366. The van der Waals surface area contributed by atoms with E-state index in [0.29, 0.717) is 6.04 Å². The zero-order valence-corrected chi connectivity index (χ0v) is 10.2. The maximum Gasteiger partial charge on any atom is 0.343 e. The Kier molecular flexibility index (Phi) is 2.88. The standard InChI is InChI=1S/C11H20N4O/c1-11(2,3)15-10(16)13-9(14-15)7-8-5-4-6-12-8/h8,12H,4-7H2,1-3H3,(H,13,14,16). The van der Waals surface area contributed by atoms with Crippen LogP contribution in [0, 0.1) is 0 Å². The van der Waals surface area contributed by atoms with Crippen LogP contribution in [0.15, 0.2) is 4.79 Å². The van der Waals surface area contributed by atoms with Crippen molar-refractivity contribution in [1.29, 1.82) is 0 Å². The summed E-state index contributed by atoms with van der Waals surface area (Å²) in [5, 5.41) is 7.75. The largest absolute Gasteiger partial charge is 0.343 e. The molecule has 0 bridgehead atoms. The molecule has 0 amide bonds. The zero-order valence-electron chi connectivity index (χ0n) is 10.2. The number of nitrogens with zero attached hydrogens (tertiary/aromatic N) is 2. The number of nitrogens with one attached hydrogen (secondary N) is 2. The van der Waals surface area contributed by atoms with Crippen molar-refractivity contribution in [2.75, 3.05) is 6.54 Å². The first-order valence-corrected chi connectivity index (χ1v) is 5.89. The fourth-order valence-electron chi connectivity index (χ4n) is 2.08. The van der Waals surface area contributed by atoms with E-state index in [-0.39, 0.29) is 11.2 Å². The van der Waals surface area contributed by atoms with Crippen LogP contribution >= 0.6 is 0 Å². The second-order valence-electron chi connectivity index (χ2n) is 5.46. The number of hydrogen-bond acceptors (Lipinski definition) is 3. The van der Waals surface area contributed by atoms with E-state index in [0.717, 1.165) is 18.8 Å². The third kappa shape index (κ3) is 2.35. The van der Waals surface area contributed by atoms with Gasteiger partial charge >= 0.3 is 5.69 Å². The van der Waals surface area contributed by atoms with Gasteiger partial charge in [-0.1, -0.05) is 0 Å². The van der Waals surface area contributed by atoms with E-state index in [1.54, 1.807) is 0 Å². The van der Waals surface area contributed by atoms with Crippen LogP contribution < -0.4 is 11.0 Å². The Labute approximate surface area is 95.2 Å². The molecule has 1 aliphatic heterocycles. The average Bonchev–Trinajstić information content (AvgIpc) is 2.74. The lowest BCUT2D eigenvalue weighted by atomic mass is 10.1. The summed E-state index contributed by atoms with van der Waals surface area (Å²) >= 11 is 0. The minimum atomic E-state index is -0.255. The van der Waals surface area contributed by atoms with Gasteiger partial charge in [-0.25, -0.2) is 9.48 Å². The third-order valence-electron chi connectivity index (χ3n) is 2.90. The number of H-pyrrole nitrogens is 1. The lowest BCUT2D eigenvalue weighted by Gasteiger charge is -2.16. The van der Waals surface area contributed by atoms with Crippen LogP contribution in [0.1, 0.15) is 39.4 Å². The summed E-state index contributed by atoms with van der Waals surface area (Å²) < 4.78 is 1.53. The highest BCUT2D eigenvalue weighted by Gasteiger charge is 2.21. The van der Waals surface area contributed by atoms with Crippen molar-refractivity contribution in [1.82, 2.24) is 20.1 Å². The first-order chi connectivity index (χ1) is 7.47. The SMILES string of the molecule is CC(C)(C)n1nc(CC2CCCN2)[nH]c1=O. The van der Waals surface area contributed by atoms with E-state index in [2.05, 4.69) is 15.4 Å². The normalized spacial score (nSPS) is 21.6. The summed E-state index contributed by atoms with van der Waals surface area (Å²) in [6.45, 7) is 7.02. The second-order valence-corrected chi connectivity index (χ2v) is 5.46. The van der Waals surface area contributed by atoms with Crippen LogP contribution in [-0.2, 0) is 12.0 Å². The van der Waals surface area contributed by atoms with E-state index >= 15 is 0 Å². The van der Waals surface area contributed by atoms with Gasteiger partial charge in [-0.15, -0.1) is 0 Å². The van der Waals surface area contributed by atoms with Gasteiger partial charge in [0, 0.05) is 12.5 Å². The summed E-state index contributed by atoms with van der Waals surface area (Å²) in [4.78, 5) is 14.5. The second kappa shape index (κ2) is 4.05. The number of aromatic nitrogens is 3. The fraction of sp³-hybridized carbons (Fsp3) is 0.818. The average molecular weight is 224 g/mol. The first-order valence-electron chi connectivity index (χ1n) is 5.89. The summed E-state index contributed by atoms with van der Waals surface area (Å²) in [6, 6.07) is 0.471. The third-order valence-corrected chi connectivity index (χ3v) is 2.90. The van der Waals surface area contributed by atoms with Crippen LogP contribution in [0.4, 0.5) is 0 Å². The van der Waals surface area contributed by atoms with Crippen molar-refractivity contribution >= 4 is 0 Å². The van der Waals surface area contributed by atoms with Gasteiger partial charge in [0.15, 0.2) is 0 Å². The molecule has 0 radical (unpaired) electrons. The van der Waals surface area contributed by atoms with Gasteiger partial charge in [0.25, 0.3) is 0 Å². The molecule has 2 N–H and O–H groups in total. The van der Waals surface area contributed by atoms with Crippen molar-refractivity contribution in [2.45, 2.75) is 51.6 Å². The molecule has 0 aromatic carbocycles. The van der Waals surface area contributed by atoms with Crippen LogP contribution in [0.5, 0.6) is 0 Å². The minimum absolute atomic E-state index is 0.111. The molecule has 2 heterocycles. The monoisotopic (exact) mass is 224 g/mol. The van der Waals surface area contributed by atoms with Gasteiger partial charge in [-0.05, 0) is 40.2 Å². The molecule has 0 aliphatic carbocycles. The molecule has 5 heteroatoms. The number of rotatable bonds is 2. The molecular formula is C11H20N4O. The van der Waals surface area contributed by atoms with Crippen LogP contribution in [-0.4, -0.2) is 27.4 Å². The molecule has 1 aromatic heterocycles. The van der Waals surface area contributed by atoms with Gasteiger partial charge in [-0.2, -0.15) is 5.10 Å². The van der Waals surface area contributed by atoms with Crippen LogP contribution in [0.3, 0.4) is 0 Å². The molecule has 1 aromatic rings. The molecule has 0 spiro atoms. The molecule has 16 heavy (non-hydrogen) atoms. The lowest BCUT2D eigenvalue weighted by molar-refractivity contribution is 0.341. The van der Waals surface area contributed by atoms with Gasteiger partial charge in [0.05, 0.1) is 5.54 Å². The molecule has 5 nitrogen and oxygen atoms in total. The van der Waals surface area contributed by atoms with Gasteiger partial charge in [0.1, 0.15) is 5.82 Å². The maximum absolute atomic E-state index is 11.7. The Balaban J connectivity index is 2.14. The van der Waals surface area contributed by atoms with E-state index in [9.17, 15) is 4.79 Å². The van der Waals surface area contributed by atoms with Crippen LogP contribution in [0.25, 0.3) is 0 Å². The van der Waals surface area contributed by atoms with E-state index in [1.165, 1.54) is 17.5 Å². The Morgan fingerprint density at radius 3 is 2.75 bits per heavy atom. The van der Waals surface area contributed by atoms with Gasteiger partial charge < -0.3 is 5.32 Å². The Bertz CT molecular complexity index is 406. The molecule has 2 rings (SSSR count). The Morgan fingerprint density at radius 2 is 2.25 bits per heavy atom. The van der Waals surface area contributed by atoms with Crippen molar-refractivity contribution in [3.63, 3.8) is 0 Å². The molecule has 1 fully saturated rings. The van der Waals surface area contributed by atoms with Gasteiger partial charge in [-0.3, -0.25) is 4.98 Å². The fourth-order valence-corrected chi connectivity index (χ4v) is 2.08. The molecular weight excluding hydrogens is 204 g/mol. The molecule has 1 aliphatic rings. The summed E-state index contributed by atoms with van der Waals surface area (Å²) in [5.74, 6) is 0.791. The lowest BCUT2D eigenvalue weighted by Crippen LogP contribution is -2.33. The molecule has 0 saturated carbocycles. The maximum atomic E-state index is 11.7. The molecule has 1 atom stereocenters. The molecule has 1 unspecified atom stereocenters. The predicted molar refractivity (Wildman–Crippen MR) is 62.6 cm³/mol. The highest BCUT2D eigenvalue weighted by molar-refractivity contribution is 4.91. The minimum Gasteiger partial charge on any atom is -0.314 e. The smallest absolute Gasteiger partial charge is 0.314 e. The topological polar surface area (TPSA) is 62.7 Å². The Morgan fingerprint density at radius 1 is 1.50 bits per heavy atom. The summed E-state index contributed by atoms with van der Waals surface area (Å²) in [6.07, 6.45) is 3.21.